The summed E-state index contributed by atoms with van der Waals surface area (Å²) in [5.74, 6) is 0.492. The van der Waals surface area contributed by atoms with Crippen LogP contribution >= 0.6 is 0 Å². The molecule has 7 heteroatoms. The number of ether oxygens (including phenoxy) is 1. The van der Waals surface area contributed by atoms with E-state index < -0.39 is 12.5 Å². The standard InChI is InChI=1S/C20H25F2N3O2/c1-13(2)16(19(26)20(21)22)6-4-14(3)9-11-27-15-5-7-17(23-12-15)18-8-10-24-25-18/h4-8,10,12-13,19-20,26H,9,11H2,1-3H3,(H,24,25)/b14-4+,16-6+. The highest BCUT2D eigenvalue weighted by Crippen LogP contribution is 2.20. The zero-order valence-corrected chi connectivity index (χ0v) is 15.7. The number of aromatic amines is 1. The van der Waals surface area contributed by atoms with Crippen molar-refractivity contribution < 1.29 is 18.6 Å². The predicted octanol–water partition coefficient (Wildman–Crippen LogP) is 4.40. The van der Waals surface area contributed by atoms with Crippen molar-refractivity contribution in [3.63, 3.8) is 0 Å². The molecule has 0 aromatic carbocycles. The van der Waals surface area contributed by atoms with Crippen molar-refractivity contribution >= 4 is 0 Å². The Morgan fingerprint density at radius 2 is 2.04 bits per heavy atom. The normalized spacial score (nSPS) is 14.1. The molecule has 1 atom stereocenters. The van der Waals surface area contributed by atoms with Crippen LogP contribution in [0.15, 0.2) is 53.9 Å². The van der Waals surface area contributed by atoms with E-state index in [2.05, 4.69) is 15.2 Å². The molecule has 2 aromatic heterocycles. The minimum absolute atomic E-state index is 0.159. The van der Waals surface area contributed by atoms with Crippen molar-refractivity contribution in [1.29, 1.82) is 0 Å². The molecule has 5 nitrogen and oxygen atoms in total. The van der Waals surface area contributed by atoms with E-state index in [0.29, 0.717) is 24.4 Å². The highest BCUT2D eigenvalue weighted by Gasteiger charge is 2.23. The largest absolute Gasteiger partial charge is 0.492 e. The third-order valence-electron chi connectivity index (χ3n) is 4.09. The second-order valence-corrected chi connectivity index (χ2v) is 6.56. The Morgan fingerprint density at radius 3 is 2.59 bits per heavy atom. The van der Waals surface area contributed by atoms with Crippen molar-refractivity contribution in [3.8, 4) is 17.1 Å². The maximum Gasteiger partial charge on any atom is 0.267 e. The van der Waals surface area contributed by atoms with Gasteiger partial charge in [-0.1, -0.05) is 31.6 Å². The van der Waals surface area contributed by atoms with Crippen molar-refractivity contribution in [2.75, 3.05) is 6.61 Å². The van der Waals surface area contributed by atoms with Gasteiger partial charge in [-0.15, -0.1) is 0 Å². The number of halogens is 2. The van der Waals surface area contributed by atoms with Gasteiger partial charge in [-0.2, -0.15) is 5.10 Å². The Hall–Kier alpha value is -2.54. The van der Waals surface area contributed by atoms with Crippen LogP contribution in [0.1, 0.15) is 27.2 Å². The van der Waals surface area contributed by atoms with Gasteiger partial charge >= 0.3 is 0 Å². The molecule has 0 aliphatic heterocycles. The number of pyridine rings is 1. The van der Waals surface area contributed by atoms with Crippen molar-refractivity contribution in [2.45, 2.75) is 39.7 Å². The number of alkyl halides is 2. The van der Waals surface area contributed by atoms with Gasteiger partial charge in [0.15, 0.2) is 0 Å². The highest BCUT2D eigenvalue weighted by atomic mass is 19.3. The number of nitrogens with zero attached hydrogens (tertiary/aromatic N) is 2. The minimum Gasteiger partial charge on any atom is -0.492 e. The van der Waals surface area contributed by atoms with Gasteiger partial charge in [0, 0.05) is 12.6 Å². The van der Waals surface area contributed by atoms with Crippen molar-refractivity contribution in [1.82, 2.24) is 15.2 Å². The Balaban J connectivity index is 1.88. The summed E-state index contributed by atoms with van der Waals surface area (Å²) in [7, 11) is 0. The summed E-state index contributed by atoms with van der Waals surface area (Å²) in [5, 5.41) is 16.3. The molecule has 0 spiro atoms. The number of allylic oxidation sites excluding steroid dienone is 2. The molecule has 2 N–H and O–H groups in total. The lowest BCUT2D eigenvalue weighted by Gasteiger charge is -2.17. The molecule has 2 aromatic rings. The van der Waals surface area contributed by atoms with E-state index in [1.54, 1.807) is 38.4 Å². The van der Waals surface area contributed by atoms with Gasteiger partial charge in [-0.3, -0.25) is 10.1 Å². The maximum absolute atomic E-state index is 12.7. The molecule has 27 heavy (non-hydrogen) atoms. The van der Waals surface area contributed by atoms with E-state index in [1.807, 2.05) is 25.1 Å². The lowest BCUT2D eigenvalue weighted by Crippen LogP contribution is -2.23. The minimum atomic E-state index is -2.78. The Kier molecular flexibility index (Phi) is 7.67. The number of aliphatic hydroxyl groups is 1. The first-order valence-electron chi connectivity index (χ1n) is 8.80. The van der Waals surface area contributed by atoms with E-state index in [0.717, 1.165) is 17.0 Å². The molecule has 0 aliphatic rings. The fourth-order valence-corrected chi connectivity index (χ4v) is 2.45. The quantitative estimate of drug-likeness (QED) is 0.636. The van der Waals surface area contributed by atoms with Crippen molar-refractivity contribution in [3.05, 3.63) is 53.9 Å². The maximum atomic E-state index is 12.7. The lowest BCUT2D eigenvalue weighted by molar-refractivity contribution is 0.0131. The summed E-state index contributed by atoms with van der Waals surface area (Å²) in [4.78, 5) is 4.31. The topological polar surface area (TPSA) is 71.0 Å². The van der Waals surface area contributed by atoms with Gasteiger partial charge in [0.05, 0.1) is 24.2 Å². The van der Waals surface area contributed by atoms with E-state index in [-0.39, 0.29) is 5.92 Å². The zero-order valence-electron chi connectivity index (χ0n) is 15.7. The second-order valence-electron chi connectivity index (χ2n) is 6.56. The monoisotopic (exact) mass is 377 g/mol. The number of rotatable bonds is 9. The first-order chi connectivity index (χ1) is 12.9. The fourth-order valence-electron chi connectivity index (χ4n) is 2.45. The number of H-pyrrole nitrogens is 1. The number of hydrogen-bond acceptors (Lipinski definition) is 4. The molecular formula is C20H25F2N3O2. The van der Waals surface area contributed by atoms with Crippen LogP contribution in [-0.4, -0.2) is 39.4 Å². The summed E-state index contributed by atoms with van der Waals surface area (Å²) in [6, 6.07) is 5.51. The number of nitrogens with one attached hydrogen (secondary N) is 1. The molecular weight excluding hydrogens is 352 g/mol. The van der Waals surface area contributed by atoms with Crippen LogP contribution in [0.4, 0.5) is 8.78 Å². The molecule has 0 saturated carbocycles. The first kappa shape index (κ1) is 20.8. The molecule has 0 saturated heterocycles. The third-order valence-corrected chi connectivity index (χ3v) is 4.09. The van der Waals surface area contributed by atoms with Gasteiger partial charge in [0.25, 0.3) is 6.43 Å². The highest BCUT2D eigenvalue weighted by molar-refractivity contribution is 5.53. The van der Waals surface area contributed by atoms with E-state index in [4.69, 9.17) is 4.74 Å². The Bertz CT molecular complexity index is 754. The van der Waals surface area contributed by atoms with Gasteiger partial charge in [-0.25, -0.2) is 8.78 Å². The molecule has 0 bridgehead atoms. The molecule has 2 rings (SSSR count). The van der Waals surface area contributed by atoms with Gasteiger partial charge < -0.3 is 9.84 Å². The van der Waals surface area contributed by atoms with Crippen LogP contribution in [0.25, 0.3) is 11.4 Å². The molecule has 146 valence electrons. The van der Waals surface area contributed by atoms with E-state index >= 15 is 0 Å². The molecule has 0 fully saturated rings. The third kappa shape index (κ3) is 6.29. The lowest BCUT2D eigenvalue weighted by atomic mass is 9.96. The van der Waals surface area contributed by atoms with Crippen LogP contribution in [-0.2, 0) is 0 Å². The van der Waals surface area contributed by atoms with Crippen LogP contribution in [0.3, 0.4) is 0 Å². The summed E-state index contributed by atoms with van der Waals surface area (Å²) < 4.78 is 31.1. The molecule has 2 heterocycles. The van der Waals surface area contributed by atoms with E-state index in [1.165, 1.54) is 0 Å². The van der Waals surface area contributed by atoms with Gasteiger partial charge in [0.2, 0.25) is 0 Å². The van der Waals surface area contributed by atoms with E-state index in [9.17, 15) is 13.9 Å². The zero-order chi connectivity index (χ0) is 19.8. The first-order valence-corrected chi connectivity index (χ1v) is 8.80. The van der Waals surface area contributed by atoms with Gasteiger partial charge in [-0.05, 0) is 36.6 Å². The summed E-state index contributed by atoms with van der Waals surface area (Å²) >= 11 is 0. The smallest absolute Gasteiger partial charge is 0.267 e. The SMILES string of the molecule is C/C(=C\C=C(/C(C)C)C(O)C(F)F)CCOc1ccc(-c2ccn[nH]2)nc1. The van der Waals surface area contributed by atoms with Crippen molar-refractivity contribution in [2.24, 2.45) is 5.92 Å². The van der Waals surface area contributed by atoms with Crippen LogP contribution in [0.2, 0.25) is 0 Å². The molecule has 1 unspecified atom stereocenters. The average Bonchev–Trinajstić information content (AvgIpc) is 3.16. The fraction of sp³-hybridized carbons (Fsp3) is 0.400. The number of hydrogen-bond donors (Lipinski definition) is 2. The van der Waals surface area contributed by atoms with Crippen LogP contribution in [0, 0.1) is 5.92 Å². The number of aromatic nitrogens is 3. The second kappa shape index (κ2) is 9.97. The van der Waals surface area contributed by atoms with Crippen LogP contribution < -0.4 is 4.74 Å². The number of aliphatic hydroxyl groups excluding tert-OH is 1. The molecule has 0 aliphatic carbocycles. The summed E-state index contributed by atoms with van der Waals surface area (Å²) in [5.41, 5.74) is 2.90. The average molecular weight is 377 g/mol. The predicted molar refractivity (Wildman–Crippen MR) is 101 cm³/mol. The van der Waals surface area contributed by atoms with Crippen LogP contribution in [0.5, 0.6) is 5.75 Å². The Labute approximate surface area is 157 Å². The summed E-state index contributed by atoms with van der Waals surface area (Å²) in [6.07, 6.45) is 2.76. The summed E-state index contributed by atoms with van der Waals surface area (Å²) in [6.45, 7) is 5.90. The Morgan fingerprint density at radius 1 is 1.26 bits per heavy atom. The molecule has 0 radical (unpaired) electrons. The van der Waals surface area contributed by atoms with Gasteiger partial charge in [0.1, 0.15) is 11.9 Å². The molecule has 0 amide bonds.